The van der Waals surface area contributed by atoms with E-state index in [1.165, 1.54) is 11.3 Å². The number of H-pyrrole nitrogens is 1. The normalized spacial score (nSPS) is 12.3. The number of carbonyl (C=O) groups excluding carboxylic acids is 2. The maximum absolute atomic E-state index is 12.9. The van der Waals surface area contributed by atoms with Crippen molar-refractivity contribution >= 4 is 34.2 Å². The molecular weight excluding hydrogens is 458 g/mol. The molecule has 0 saturated carbocycles. The lowest BCUT2D eigenvalue weighted by Crippen LogP contribution is -2.41. The molecule has 8 heteroatoms. The first kappa shape index (κ1) is 24.3. The molecule has 3 aromatic heterocycles. The van der Waals surface area contributed by atoms with E-state index in [1.807, 2.05) is 31.2 Å². The van der Waals surface area contributed by atoms with Crippen LogP contribution < -0.4 is 5.32 Å². The second-order valence-electron chi connectivity index (χ2n) is 9.62. The van der Waals surface area contributed by atoms with Gasteiger partial charge in [0, 0.05) is 18.7 Å². The highest BCUT2D eigenvalue weighted by Gasteiger charge is 2.24. The van der Waals surface area contributed by atoms with Crippen LogP contribution in [0.25, 0.3) is 21.7 Å². The standard InChI is InChI=1S/C27H27N5O2S/c1-16(27(2,3)4)31-26(34)19-14-29-25-24(19)32-20(15-30-25)22-10-11-23(35-22)21(33)9-8-17-6-5-7-18(12-17)13-28/h5-7,10-12,14-16H,8-9H2,1-4H3,(H,29,30)(H,31,34)/t16-/m0/s1. The largest absolute Gasteiger partial charge is 0.349 e. The van der Waals surface area contributed by atoms with Gasteiger partial charge in [0.25, 0.3) is 5.91 Å². The van der Waals surface area contributed by atoms with Crippen molar-refractivity contribution < 1.29 is 9.59 Å². The lowest BCUT2D eigenvalue weighted by Gasteiger charge is -2.27. The first-order chi connectivity index (χ1) is 16.7. The molecule has 0 unspecified atom stereocenters. The van der Waals surface area contributed by atoms with Gasteiger partial charge in [-0.2, -0.15) is 5.26 Å². The first-order valence-electron chi connectivity index (χ1n) is 11.4. The summed E-state index contributed by atoms with van der Waals surface area (Å²) in [6.45, 7) is 8.20. The van der Waals surface area contributed by atoms with Crippen LogP contribution in [0.5, 0.6) is 0 Å². The molecule has 0 fully saturated rings. The Bertz CT molecular complexity index is 1440. The van der Waals surface area contributed by atoms with Crippen molar-refractivity contribution in [1.82, 2.24) is 20.3 Å². The number of aromatic nitrogens is 3. The van der Waals surface area contributed by atoms with Gasteiger partial charge in [0.05, 0.1) is 38.8 Å². The summed E-state index contributed by atoms with van der Waals surface area (Å²) in [4.78, 5) is 39.3. The number of rotatable bonds is 7. The van der Waals surface area contributed by atoms with Gasteiger partial charge in [0.15, 0.2) is 11.4 Å². The fourth-order valence-electron chi connectivity index (χ4n) is 3.48. The molecule has 1 atom stereocenters. The molecule has 7 nitrogen and oxygen atoms in total. The van der Waals surface area contributed by atoms with E-state index < -0.39 is 0 Å². The van der Waals surface area contributed by atoms with Crippen molar-refractivity contribution in [2.24, 2.45) is 5.41 Å². The third-order valence-corrected chi connectivity index (χ3v) is 7.25. The Morgan fingerprint density at radius 3 is 2.77 bits per heavy atom. The number of ketones is 1. The van der Waals surface area contributed by atoms with E-state index in [1.54, 1.807) is 24.5 Å². The van der Waals surface area contributed by atoms with Gasteiger partial charge in [-0.3, -0.25) is 9.59 Å². The molecule has 4 aromatic rings. The number of fused-ring (bicyclic) bond motifs is 1. The Labute approximate surface area is 208 Å². The van der Waals surface area contributed by atoms with E-state index in [2.05, 4.69) is 42.1 Å². The third-order valence-electron chi connectivity index (χ3n) is 6.10. The van der Waals surface area contributed by atoms with Gasteiger partial charge in [-0.05, 0) is 48.6 Å². The van der Waals surface area contributed by atoms with Gasteiger partial charge in [-0.25, -0.2) is 9.97 Å². The Balaban J connectivity index is 1.51. The van der Waals surface area contributed by atoms with Crippen LogP contribution in [0.4, 0.5) is 0 Å². The minimum absolute atomic E-state index is 0.0238. The summed E-state index contributed by atoms with van der Waals surface area (Å²) in [5.41, 5.74) is 3.57. The van der Waals surface area contributed by atoms with Crippen molar-refractivity contribution in [2.45, 2.75) is 46.6 Å². The molecule has 0 aliphatic rings. The Morgan fingerprint density at radius 2 is 2.03 bits per heavy atom. The highest BCUT2D eigenvalue weighted by molar-refractivity contribution is 7.17. The van der Waals surface area contributed by atoms with Crippen LogP contribution in [0.2, 0.25) is 0 Å². The van der Waals surface area contributed by atoms with Gasteiger partial charge in [0.1, 0.15) is 5.52 Å². The number of amides is 1. The molecule has 0 spiro atoms. The highest BCUT2D eigenvalue weighted by atomic mass is 32.1. The van der Waals surface area contributed by atoms with Crippen molar-refractivity contribution in [3.63, 3.8) is 0 Å². The van der Waals surface area contributed by atoms with E-state index in [-0.39, 0.29) is 23.1 Å². The zero-order valence-electron chi connectivity index (χ0n) is 20.2. The van der Waals surface area contributed by atoms with Crippen LogP contribution in [0, 0.1) is 16.7 Å². The Hall–Kier alpha value is -3.83. The second kappa shape index (κ2) is 9.80. The molecule has 1 aromatic carbocycles. The lowest BCUT2D eigenvalue weighted by molar-refractivity contribution is 0.0911. The maximum Gasteiger partial charge on any atom is 0.255 e. The number of aromatic amines is 1. The number of nitrogens with one attached hydrogen (secondary N) is 2. The topological polar surface area (TPSA) is 112 Å². The van der Waals surface area contributed by atoms with Gasteiger partial charge >= 0.3 is 0 Å². The number of hydrogen-bond donors (Lipinski definition) is 2. The third kappa shape index (κ3) is 5.47. The van der Waals surface area contributed by atoms with Crippen LogP contribution in [0.15, 0.2) is 48.8 Å². The van der Waals surface area contributed by atoms with Gasteiger partial charge in [-0.15, -0.1) is 11.3 Å². The summed E-state index contributed by atoms with van der Waals surface area (Å²) < 4.78 is 0. The molecule has 0 aliphatic carbocycles. The molecular formula is C27H27N5O2S. The monoisotopic (exact) mass is 485 g/mol. The van der Waals surface area contributed by atoms with Crippen LogP contribution in [0.1, 0.15) is 65.3 Å². The minimum Gasteiger partial charge on any atom is -0.349 e. The van der Waals surface area contributed by atoms with Crippen molar-refractivity contribution in [3.8, 4) is 16.6 Å². The predicted octanol–water partition coefficient (Wildman–Crippen LogP) is 5.54. The van der Waals surface area contributed by atoms with E-state index in [0.717, 1.165) is 10.4 Å². The molecule has 1 amide bonds. The fraction of sp³-hybridized carbons (Fsp3) is 0.296. The van der Waals surface area contributed by atoms with E-state index in [0.29, 0.717) is 45.7 Å². The highest BCUT2D eigenvalue weighted by Crippen LogP contribution is 2.29. The molecule has 0 saturated heterocycles. The number of aryl methyl sites for hydroxylation is 1. The maximum atomic E-state index is 12.9. The average Bonchev–Trinajstić information content (AvgIpc) is 3.49. The zero-order chi connectivity index (χ0) is 25.2. The summed E-state index contributed by atoms with van der Waals surface area (Å²) in [5.74, 6) is -0.164. The lowest BCUT2D eigenvalue weighted by atomic mass is 9.88. The van der Waals surface area contributed by atoms with Crippen LogP contribution in [-0.2, 0) is 6.42 Å². The molecule has 35 heavy (non-hydrogen) atoms. The molecule has 0 radical (unpaired) electrons. The second-order valence-corrected chi connectivity index (χ2v) is 10.7. The number of Topliss-reactive ketones (excluding diaryl/α,β-unsaturated/α-hetero) is 1. The quantitative estimate of drug-likeness (QED) is 0.334. The number of carbonyl (C=O) groups is 2. The van der Waals surface area contributed by atoms with Crippen LogP contribution in [-0.4, -0.2) is 32.7 Å². The fourth-order valence-corrected chi connectivity index (χ4v) is 4.40. The molecule has 4 rings (SSSR count). The van der Waals surface area contributed by atoms with Crippen molar-refractivity contribution in [2.75, 3.05) is 0 Å². The first-order valence-corrected chi connectivity index (χ1v) is 12.2. The molecule has 0 bridgehead atoms. The zero-order valence-corrected chi connectivity index (χ0v) is 21.0. The van der Waals surface area contributed by atoms with Crippen LogP contribution >= 0.6 is 11.3 Å². The number of nitriles is 1. The predicted molar refractivity (Wildman–Crippen MR) is 137 cm³/mol. The number of benzene rings is 1. The minimum atomic E-state index is -0.201. The summed E-state index contributed by atoms with van der Waals surface area (Å²) in [5, 5.41) is 12.1. The number of hydrogen-bond acceptors (Lipinski definition) is 6. The summed E-state index contributed by atoms with van der Waals surface area (Å²) in [6, 6.07) is 13.1. The average molecular weight is 486 g/mol. The van der Waals surface area contributed by atoms with Crippen LogP contribution in [0.3, 0.4) is 0 Å². The summed E-state index contributed by atoms with van der Waals surface area (Å²) >= 11 is 1.36. The van der Waals surface area contributed by atoms with E-state index >= 15 is 0 Å². The van der Waals surface area contributed by atoms with Gasteiger partial charge < -0.3 is 10.3 Å². The molecule has 3 heterocycles. The SMILES string of the molecule is C[C@H](NC(=O)c1c[nH]c2ncc(-c3ccc(C(=O)CCc4cccc(C#N)c4)s3)nc12)C(C)(C)C. The Morgan fingerprint density at radius 1 is 1.23 bits per heavy atom. The molecule has 0 aliphatic heterocycles. The Kier molecular flexibility index (Phi) is 6.81. The van der Waals surface area contributed by atoms with Crippen molar-refractivity contribution in [3.05, 3.63) is 70.4 Å². The van der Waals surface area contributed by atoms with E-state index in [9.17, 15) is 9.59 Å². The van der Waals surface area contributed by atoms with Gasteiger partial charge in [0.2, 0.25) is 0 Å². The molecule has 2 N–H and O–H groups in total. The number of nitrogens with zero attached hydrogens (tertiary/aromatic N) is 3. The summed E-state index contributed by atoms with van der Waals surface area (Å²) in [7, 11) is 0. The van der Waals surface area contributed by atoms with Crippen molar-refractivity contribution in [1.29, 1.82) is 5.26 Å². The smallest absolute Gasteiger partial charge is 0.255 e. The van der Waals surface area contributed by atoms with Gasteiger partial charge in [-0.1, -0.05) is 32.9 Å². The molecule has 178 valence electrons. The summed E-state index contributed by atoms with van der Waals surface area (Å²) in [6.07, 6.45) is 4.20. The van der Waals surface area contributed by atoms with E-state index in [4.69, 9.17) is 10.2 Å². The number of thiophene rings is 1.